The van der Waals surface area contributed by atoms with Crippen LogP contribution in [0, 0.1) is 0 Å². The van der Waals surface area contributed by atoms with Gasteiger partial charge in [0.15, 0.2) is 16.8 Å². The number of halogens is 3. The van der Waals surface area contributed by atoms with Crippen molar-refractivity contribution >= 4 is 34.5 Å². The number of rotatable bonds is 5. The molecule has 2 atom stereocenters. The number of hydrogen-bond donors (Lipinski definition) is 1. The van der Waals surface area contributed by atoms with Gasteiger partial charge in [0.2, 0.25) is 0 Å². The maximum atomic E-state index is 13.4. The molecular formula is C21H21F3N4O5S. The molecule has 3 aromatic rings. The zero-order chi connectivity index (χ0) is 24.4. The number of amides is 1. The summed E-state index contributed by atoms with van der Waals surface area (Å²) in [6.45, 7) is 3.91. The molecule has 6 rings (SSSR count). The van der Waals surface area contributed by atoms with Gasteiger partial charge in [-0.25, -0.2) is 9.78 Å². The predicted molar refractivity (Wildman–Crippen MR) is 116 cm³/mol. The zero-order valence-corrected chi connectivity index (χ0v) is 19.2. The van der Waals surface area contributed by atoms with E-state index in [0.29, 0.717) is 24.3 Å². The topological polar surface area (TPSA) is 101 Å². The number of alkyl halides is 3. The third-order valence-electron chi connectivity index (χ3n) is 6.38. The Kier molecular flexibility index (Phi) is 5.17. The molecule has 1 aromatic carbocycles. The Morgan fingerprint density at radius 1 is 1.29 bits per heavy atom. The molecule has 3 fully saturated rings. The SMILES string of the molecule is COC(C)(C)c1cc(-c2cscn2)c2oc(N3CC4CC(C3)N4C(=O)O)nc2c1OC(F)(F)F. The number of benzene rings is 1. The maximum Gasteiger partial charge on any atom is 0.573 e. The van der Waals surface area contributed by atoms with E-state index < -0.39 is 23.8 Å². The number of carbonyl (C=O) groups is 1. The van der Waals surface area contributed by atoms with Crippen molar-refractivity contribution in [2.45, 2.75) is 44.3 Å². The molecule has 1 amide bonds. The second-order valence-electron chi connectivity index (χ2n) is 8.75. The van der Waals surface area contributed by atoms with Crippen LogP contribution in [0.15, 0.2) is 21.4 Å². The number of hydrogen-bond acceptors (Lipinski definition) is 8. The number of piperidine rings is 1. The third kappa shape index (κ3) is 3.72. The number of aromatic nitrogens is 2. The normalized spacial score (nSPS) is 20.5. The highest BCUT2D eigenvalue weighted by Gasteiger charge is 2.48. The summed E-state index contributed by atoms with van der Waals surface area (Å²) < 4.78 is 56.3. The average molecular weight is 498 g/mol. The molecule has 182 valence electrons. The standard InChI is InChI=1S/C21H21F3N4O5S/c1-20(2,31-3)13-5-12(14-8-34-9-25-14)16-15(17(13)33-21(22,23)24)26-18(32-16)27-6-10-4-11(7-27)28(10)19(29)30/h5,8-11H,4,6-7H2,1-3H3,(H,29,30). The first-order valence-electron chi connectivity index (χ1n) is 10.4. The fourth-order valence-electron chi connectivity index (χ4n) is 4.57. The van der Waals surface area contributed by atoms with Gasteiger partial charge >= 0.3 is 12.5 Å². The maximum absolute atomic E-state index is 13.4. The number of carboxylic acid groups (broad SMARTS) is 1. The second-order valence-corrected chi connectivity index (χ2v) is 9.47. The van der Waals surface area contributed by atoms with Gasteiger partial charge in [0.1, 0.15) is 0 Å². The smallest absolute Gasteiger partial charge is 0.465 e. The van der Waals surface area contributed by atoms with Crippen LogP contribution < -0.4 is 9.64 Å². The predicted octanol–water partition coefficient (Wildman–Crippen LogP) is 4.67. The van der Waals surface area contributed by atoms with Crippen molar-refractivity contribution in [3.8, 4) is 17.0 Å². The molecule has 3 aliphatic rings. The van der Waals surface area contributed by atoms with Gasteiger partial charge in [-0.05, 0) is 26.3 Å². The molecule has 2 bridgehead atoms. The summed E-state index contributed by atoms with van der Waals surface area (Å²) in [5.74, 6) is -0.502. The number of fused-ring (bicyclic) bond motifs is 3. The highest BCUT2D eigenvalue weighted by Crippen LogP contribution is 2.46. The van der Waals surface area contributed by atoms with Gasteiger partial charge < -0.3 is 23.9 Å². The molecule has 0 spiro atoms. The highest BCUT2D eigenvalue weighted by atomic mass is 32.1. The summed E-state index contributed by atoms with van der Waals surface area (Å²) in [7, 11) is 1.40. The fourth-order valence-corrected chi connectivity index (χ4v) is 5.13. The Morgan fingerprint density at radius 3 is 2.56 bits per heavy atom. The van der Waals surface area contributed by atoms with Crippen molar-refractivity contribution in [2.24, 2.45) is 0 Å². The van der Waals surface area contributed by atoms with Gasteiger partial charge in [0.25, 0.3) is 6.01 Å². The number of anilines is 1. The molecule has 9 nitrogen and oxygen atoms in total. The molecule has 1 N–H and O–H groups in total. The summed E-state index contributed by atoms with van der Waals surface area (Å²) in [6.07, 6.45) is -5.24. The summed E-state index contributed by atoms with van der Waals surface area (Å²) in [6, 6.07) is 1.18. The van der Waals surface area contributed by atoms with Gasteiger partial charge in [0, 0.05) is 36.7 Å². The first-order chi connectivity index (χ1) is 16.0. The van der Waals surface area contributed by atoms with E-state index in [0.717, 1.165) is 6.42 Å². The minimum atomic E-state index is -4.97. The summed E-state index contributed by atoms with van der Waals surface area (Å²) >= 11 is 1.33. The minimum absolute atomic E-state index is 0.102. The lowest BCUT2D eigenvalue weighted by Gasteiger charge is -2.54. The first kappa shape index (κ1) is 22.7. The van der Waals surface area contributed by atoms with Gasteiger partial charge in [-0.15, -0.1) is 24.5 Å². The summed E-state index contributed by atoms with van der Waals surface area (Å²) in [5.41, 5.74) is 1.58. The highest BCUT2D eigenvalue weighted by molar-refractivity contribution is 7.07. The minimum Gasteiger partial charge on any atom is -0.465 e. The Hall–Kier alpha value is -3.06. The zero-order valence-electron chi connectivity index (χ0n) is 18.4. The lowest BCUT2D eigenvalue weighted by Crippen LogP contribution is -2.70. The number of thiazole rings is 1. The average Bonchev–Trinajstić information content (AvgIpc) is 3.43. The van der Waals surface area contributed by atoms with Crippen LogP contribution in [0.25, 0.3) is 22.4 Å². The van der Waals surface area contributed by atoms with Crippen molar-refractivity contribution in [3.05, 3.63) is 22.5 Å². The van der Waals surface area contributed by atoms with Crippen LogP contribution in [0.1, 0.15) is 25.8 Å². The van der Waals surface area contributed by atoms with Crippen molar-refractivity contribution in [1.82, 2.24) is 14.9 Å². The number of nitrogens with zero attached hydrogens (tertiary/aromatic N) is 4. The Bertz CT molecular complexity index is 1230. The van der Waals surface area contributed by atoms with Crippen molar-refractivity contribution in [1.29, 1.82) is 0 Å². The third-order valence-corrected chi connectivity index (χ3v) is 6.96. The van der Waals surface area contributed by atoms with Crippen LogP contribution in [0.2, 0.25) is 0 Å². The van der Waals surface area contributed by atoms with E-state index in [2.05, 4.69) is 14.7 Å². The van der Waals surface area contributed by atoms with E-state index in [9.17, 15) is 23.1 Å². The Morgan fingerprint density at radius 2 is 2.00 bits per heavy atom. The van der Waals surface area contributed by atoms with Crippen molar-refractivity contribution in [2.75, 3.05) is 25.1 Å². The molecule has 5 heterocycles. The lowest BCUT2D eigenvalue weighted by atomic mass is 9.88. The number of oxazole rings is 1. The molecular weight excluding hydrogens is 477 g/mol. The van der Waals surface area contributed by atoms with E-state index in [4.69, 9.17) is 9.15 Å². The molecule has 3 saturated heterocycles. The van der Waals surface area contributed by atoms with E-state index >= 15 is 0 Å². The van der Waals surface area contributed by atoms with Crippen molar-refractivity contribution < 1.29 is 37.0 Å². The largest absolute Gasteiger partial charge is 0.573 e. The quantitative estimate of drug-likeness (QED) is 0.542. The molecule has 34 heavy (non-hydrogen) atoms. The van der Waals surface area contributed by atoms with Crippen LogP contribution in [-0.2, 0) is 10.3 Å². The summed E-state index contributed by atoms with van der Waals surface area (Å²) in [5, 5.41) is 11.1. The molecule has 2 aromatic heterocycles. The monoisotopic (exact) mass is 498 g/mol. The van der Waals surface area contributed by atoms with Crippen LogP contribution in [0.3, 0.4) is 0 Å². The fraction of sp³-hybridized carbons (Fsp3) is 0.476. The van der Waals surface area contributed by atoms with E-state index in [1.54, 1.807) is 29.6 Å². The van der Waals surface area contributed by atoms with Gasteiger partial charge in [0.05, 0.1) is 28.9 Å². The molecule has 3 aliphatic heterocycles. The molecule has 0 saturated carbocycles. The lowest BCUT2D eigenvalue weighted by molar-refractivity contribution is -0.274. The van der Waals surface area contributed by atoms with Crippen molar-refractivity contribution in [3.63, 3.8) is 0 Å². The first-order valence-corrected chi connectivity index (χ1v) is 11.4. The van der Waals surface area contributed by atoms with E-state index in [1.165, 1.54) is 29.4 Å². The van der Waals surface area contributed by atoms with Crippen LogP contribution >= 0.6 is 11.3 Å². The van der Waals surface area contributed by atoms with Gasteiger partial charge in [-0.1, -0.05) is 0 Å². The van der Waals surface area contributed by atoms with E-state index in [1.807, 2.05) is 0 Å². The second kappa shape index (κ2) is 7.73. The van der Waals surface area contributed by atoms with Gasteiger partial charge in [-0.3, -0.25) is 4.90 Å². The molecule has 0 aliphatic carbocycles. The van der Waals surface area contributed by atoms with Gasteiger partial charge in [-0.2, -0.15) is 4.98 Å². The number of methoxy groups -OCH3 is 1. The number of ether oxygens (including phenoxy) is 2. The molecule has 2 unspecified atom stereocenters. The Balaban J connectivity index is 1.67. The number of piperazine rings is 1. The molecule has 0 radical (unpaired) electrons. The van der Waals surface area contributed by atoms with Crippen LogP contribution in [-0.4, -0.2) is 64.7 Å². The molecule has 13 heteroatoms. The van der Waals surface area contributed by atoms with Crippen LogP contribution in [0.5, 0.6) is 5.75 Å². The van der Waals surface area contributed by atoms with Crippen LogP contribution in [0.4, 0.5) is 24.0 Å². The summed E-state index contributed by atoms with van der Waals surface area (Å²) in [4.78, 5) is 23.3. The van der Waals surface area contributed by atoms with E-state index in [-0.39, 0.29) is 34.8 Å². The Labute approximate surface area is 195 Å².